The van der Waals surface area contributed by atoms with Gasteiger partial charge in [-0.3, -0.25) is 5.10 Å². The lowest BCUT2D eigenvalue weighted by molar-refractivity contribution is 0.381. The first-order chi connectivity index (χ1) is 8.92. The summed E-state index contributed by atoms with van der Waals surface area (Å²) in [6.07, 6.45) is 11.5. The van der Waals surface area contributed by atoms with Gasteiger partial charge >= 0.3 is 0 Å². The molecule has 1 aliphatic carbocycles. The zero-order valence-corrected chi connectivity index (χ0v) is 11.1. The van der Waals surface area contributed by atoms with E-state index in [1.54, 1.807) is 0 Å². The van der Waals surface area contributed by atoms with Crippen molar-refractivity contribution in [2.24, 2.45) is 0 Å². The summed E-state index contributed by atoms with van der Waals surface area (Å²) in [6.45, 7) is 1.19. The maximum atomic E-state index is 4.68. The van der Waals surface area contributed by atoms with Crippen LogP contribution in [0.5, 0.6) is 0 Å². The summed E-state index contributed by atoms with van der Waals surface area (Å²) in [5.41, 5.74) is 0. The summed E-state index contributed by atoms with van der Waals surface area (Å²) >= 11 is 0. The molecule has 0 spiro atoms. The van der Waals surface area contributed by atoms with E-state index in [4.69, 9.17) is 0 Å². The lowest BCUT2D eigenvalue weighted by atomic mass is 10.0. The van der Waals surface area contributed by atoms with Crippen molar-refractivity contribution in [3.8, 4) is 0 Å². The number of aryl methyl sites for hydroxylation is 1. The minimum atomic E-state index is 0.628. The topological polar surface area (TPSA) is 53.6 Å². The lowest BCUT2D eigenvalue weighted by Crippen LogP contribution is -2.34. The van der Waals surface area contributed by atoms with Crippen molar-refractivity contribution in [3.63, 3.8) is 0 Å². The number of nitrogens with zero attached hydrogens (tertiary/aromatic N) is 2. The molecule has 0 radical (unpaired) electrons. The van der Waals surface area contributed by atoms with Crippen LogP contribution in [0.15, 0.2) is 0 Å². The molecule has 18 heavy (non-hydrogen) atoms. The van der Waals surface area contributed by atoms with Crippen LogP contribution in [-0.2, 0) is 6.42 Å². The van der Waals surface area contributed by atoms with Gasteiger partial charge in [0.25, 0.3) is 0 Å². The minimum absolute atomic E-state index is 0.628. The maximum Gasteiger partial charge on any atom is 0.153 e. The molecule has 2 heterocycles. The molecule has 0 bridgehead atoms. The number of hydrogen-bond donors (Lipinski definition) is 2. The van der Waals surface area contributed by atoms with E-state index in [1.807, 2.05) is 0 Å². The average molecular weight is 248 g/mol. The van der Waals surface area contributed by atoms with E-state index in [0.717, 1.165) is 18.1 Å². The molecule has 4 nitrogen and oxygen atoms in total. The Morgan fingerprint density at radius 1 is 1.06 bits per heavy atom. The van der Waals surface area contributed by atoms with Crippen molar-refractivity contribution >= 4 is 0 Å². The fraction of sp³-hybridized carbons (Fsp3) is 0.857. The molecular weight excluding hydrogens is 224 g/mol. The second kappa shape index (κ2) is 5.83. The quantitative estimate of drug-likeness (QED) is 0.861. The highest BCUT2D eigenvalue weighted by atomic mass is 15.2. The van der Waals surface area contributed by atoms with Gasteiger partial charge in [0.2, 0.25) is 0 Å². The van der Waals surface area contributed by atoms with Crippen molar-refractivity contribution in [2.75, 3.05) is 6.54 Å². The summed E-state index contributed by atoms with van der Waals surface area (Å²) in [5, 5.41) is 11.1. The van der Waals surface area contributed by atoms with E-state index < -0.39 is 0 Å². The Kier molecular flexibility index (Phi) is 3.93. The normalized spacial score (nSPS) is 25.7. The van der Waals surface area contributed by atoms with Gasteiger partial charge in [0.1, 0.15) is 5.82 Å². The van der Waals surface area contributed by atoms with E-state index in [0.29, 0.717) is 12.0 Å². The Hall–Kier alpha value is -0.900. The Morgan fingerprint density at radius 2 is 1.89 bits per heavy atom. The summed E-state index contributed by atoms with van der Waals surface area (Å²) in [5.74, 6) is 2.78. The van der Waals surface area contributed by atoms with Crippen LogP contribution in [0, 0.1) is 0 Å². The van der Waals surface area contributed by atoms with Crippen molar-refractivity contribution in [1.82, 2.24) is 20.5 Å². The zero-order chi connectivity index (χ0) is 12.2. The SMILES string of the molecule is C1CCC(CCc2nc(C3CCCC3)n[nH]2)NC1. The first-order valence-electron chi connectivity index (χ1n) is 7.56. The molecule has 2 N–H and O–H groups in total. The number of nitrogens with one attached hydrogen (secondary N) is 2. The van der Waals surface area contributed by atoms with Crippen LogP contribution in [-0.4, -0.2) is 27.8 Å². The van der Waals surface area contributed by atoms with Crippen molar-refractivity contribution in [1.29, 1.82) is 0 Å². The van der Waals surface area contributed by atoms with E-state index in [1.165, 1.54) is 57.9 Å². The molecular formula is C14H24N4. The van der Waals surface area contributed by atoms with Gasteiger partial charge in [-0.1, -0.05) is 19.3 Å². The fourth-order valence-electron chi connectivity index (χ4n) is 3.27. The number of hydrogen-bond acceptors (Lipinski definition) is 3. The molecule has 4 heteroatoms. The molecule has 1 saturated carbocycles. The van der Waals surface area contributed by atoms with Gasteiger partial charge < -0.3 is 5.32 Å². The Labute approximate surface area is 109 Å². The zero-order valence-electron chi connectivity index (χ0n) is 11.1. The molecule has 1 aromatic rings. The third-order valence-corrected chi connectivity index (χ3v) is 4.41. The summed E-state index contributed by atoms with van der Waals surface area (Å²) in [7, 11) is 0. The largest absolute Gasteiger partial charge is 0.314 e. The number of H-pyrrole nitrogens is 1. The Bertz CT molecular complexity index is 362. The predicted molar refractivity (Wildman–Crippen MR) is 71.6 cm³/mol. The van der Waals surface area contributed by atoms with Gasteiger partial charge in [-0.15, -0.1) is 0 Å². The second-order valence-electron chi connectivity index (χ2n) is 5.81. The Balaban J connectivity index is 1.50. The van der Waals surface area contributed by atoms with Crippen LogP contribution >= 0.6 is 0 Å². The number of piperidine rings is 1. The molecule has 1 atom stereocenters. The second-order valence-corrected chi connectivity index (χ2v) is 5.81. The molecule has 0 amide bonds. The summed E-state index contributed by atoms with van der Waals surface area (Å²) < 4.78 is 0. The van der Waals surface area contributed by atoms with Crippen LogP contribution in [0.1, 0.15) is 68.9 Å². The van der Waals surface area contributed by atoms with Gasteiger partial charge in [0.05, 0.1) is 0 Å². The van der Waals surface area contributed by atoms with E-state index in [-0.39, 0.29) is 0 Å². The molecule has 1 unspecified atom stereocenters. The van der Waals surface area contributed by atoms with E-state index in [2.05, 4.69) is 20.5 Å². The van der Waals surface area contributed by atoms with Gasteiger partial charge in [-0.05, 0) is 38.6 Å². The highest BCUT2D eigenvalue weighted by molar-refractivity contribution is 5.00. The van der Waals surface area contributed by atoms with Crippen LogP contribution in [0.25, 0.3) is 0 Å². The highest BCUT2D eigenvalue weighted by Gasteiger charge is 2.21. The average Bonchev–Trinajstić information content (AvgIpc) is 3.08. The first kappa shape index (κ1) is 12.2. The van der Waals surface area contributed by atoms with Crippen LogP contribution in [0.4, 0.5) is 0 Å². The minimum Gasteiger partial charge on any atom is -0.314 e. The molecule has 1 aromatic heterocycles. The van der Waals surface area contributed by atoms with Crippen LogP contribution < -0.4 is 5.32 Å². The molecule has 1 aliphatic heterocycles. The smallest absolute Gasteiger partial charge is 0.153 e. The summed E-state index contributed by atoms with van der Waals surface area (Å²) in [4.78, 5) is 4.68. The third kappa shape index (κ3) is 2.91. The summed E-state index contributed by atoms with van der Waals surface area (Å²) in [6, 6.07) is 0.693. The number of rotatable bonds is 4. The molecule has 2 fully saturated rings. The van der Waals surface area contributed by atoms with Crippen molar-refractivity contribution < 1.29 is 0 Å². The molecule has 100 valence electrons. The first-order valence-corrected chi connectivity index (χ1v) is 7.56. The Morgan fingerprint density at radius 3 is 2.67 bits per heavy atom. The fourth-order valence-corrected chi connectivity index (χ4v) is 3.27. The van der Waals surface area contributed by atoms with E-state index in [9.17, 15) is 0 Å². The standard InChI is InChI=1S/C14H24N4/c1-2-6-11(5-1)14-16-13(17-18-14)9-8-12-7-3-4-10-15-12/h11-12,15H,1-10H2,(H,16,17,18). The van der Waals surface area contributed by atoms with Gasteiger partial charge in [-0.2, -0.15) is 5.10 Å². The van der Waals surface area contributed by atoms with Gasteiger partial charge in [-0.25, -0.2) is 4.98 Å². The maximum absolute atomic E-state index is 4.68. The molecule has 2 aliphatic rings. The van der Waals surface area contributed by atoms with Crippen molar-refractivity contribution in [3.05, 3.63) is 11.6 Å². The molecule has 3 rings (SSSR count). The van der Waals surface area contributed by atoms with Gasteiger partial charge in [0, 0.05) is 18.4 Å². The van der Waals surface area contributed by atoms with Gasteiger partial charge in [0.15, 0.2) is 5.82 Å². The number of aromatic nitrogens is 3. The van der Waals surface area contributed by atoms with Crippen LogP contribution in [0.2, 0.25) is 0 Å². The highest BCUT2D eigenvalue weighted by Crippen LogP contribution is 2.31. The van der Waals surface area contributed by atoms with E-state index >= 15 is 0 Å². The monoisotopic (exact) mass is 248 g/mol. The third-order valence-electron chi connectivity index (χ3n) is 4.41. The predicted octanol–water partition coefficient (Wildman–Crippen LogP) is 2.54. The lowest BCUT2D eigenvalue weighted by Gasteiger charge is -2.22. The van der Waals surface area contributed by atoms with Crippen LogP contribution in [0.3, 0.4) is 0 Å². The number of aromatic amines is 1. The van der Waals surface area contributed by atoms with Crippen molar-refractivity contribution in [2.45, 2.75) is 69.7 Å². The molecule has 0 aromatic carbocycles. The molecule has 1 saturated heterocycles.